The maximum absolute atomic E-state index is 12.4. The molecule has 96 valence electrons. The fourth-order valence-electron chi connectivity index (χ4n) is 2.42. The minimum Gasteiger partial charge on any atom is -0.329 e. The van der Waals surface area contributed by atoms with Crippen molar-refractivity contribution in [3.63, 3.8) is 0 Å². The predicted octanol–water partition coefficient (Wildman–Crippen LogP) is 1.32. The molecule has 2 N–H and O–H groups in total. The topological polar surface area (TPSA) is 63.4 Å². The Morgan fingerprint density at radius 3 is 2.19 bits per heavy atom. The second kappa shape index (κ2) is 5.02. The number of nitrogens with two attached hydrogens (primary N) is 1. The highest BCUT2D eigenvalue weighted by molar-refractivity contribution is 7.89. The summed E-state index contributed by atoms with van der Waals surface area (Å²) in [4.78, 5) is 0. The molecule has 1 saturated carbocycles. The predicted molar refractivity (Wildman–Crippen MR) is 66.7 cm³/mol. The van der Waals surface area contributed by atoms with Gasteiger partial charge < -0.3 is 5.73 Å². The monoisotopic (exact) mass is 248 g/mol. The first kappa shape index (κ1) is 13.9. The van der Waals surface area contributed by atoms with Crippen LogP contribution in [-0.2, 0) is 10.0 Å². The molecule has 16 heavy (non-hydrogen) atoms. The lowest BCUT2D eigenvalue weighted by Crippen LogP contribution is -2.54. The van der Waals surface area contributed by atoms with Crippen molar-refractivity contribution in [1.82, 2.24) is 4.31 Å². The summed E-state index contributed by atoms with van der Waals surface area (Å²) in [6, 6.07) is 0. The van der Waals surface area contributed by atoms with E-state index in [0.717, 1.165) is 25.7 Å². The number of rotatable bonds is 5. The minimum absolute atomic E-state index is 0.182. The minimum atomic E-state index is -3.17. The van der Waals surface area contributed by atoms with Gasteiger partial charge in [-0.05, 0) is 26.7 Å². The maximum atomic E-state index is 12.4. The van der Waals surface area contributed by atoms with Crippen molar-refractivity contribution >= 4 is 10.0 Å². The van der Waals surface area contributed by atoms with Gasteiger partial charge in [-0.25, -0.2) is 8.42 Å². The van der Waals surface area contributed by atoms with E-state index in [1.807, 2.05) is 20.8 Å². The Morgan fingerprint density at radius 1 is 1.31 bits per heavy atom. The molecule has 1 aliphatic rings. The van der Waals surface area contributed by atoms with E-state index in [0.29, 0.717) is 13.1 Å². The summed E-state index contributed by atoms with van der Waals surface area (Å²) in [5.41, 5.74) is 5.20. The SMILES string of the molecule is CCN(C(C)(C)CN)S(=O)(=O)C1CCCC1. The third-order valence-electron chi connectivity index (χ3n) is 3.49. The lowest BCUT2D eigenvalue weighted by Gasteiger charge is -2.37. The van der Waals surface area contributed by atoms with Gasteiger partial charge in [-0.2, -0.15) is 4.31 Å². The lowest BCUT2D eigenvalue weighted by atomic mass is 10.1. The molecule has 0 unspecified atom stereocenters. The first-order valence-electron chi connectivity index (χ1n) is 6.08. The summed E-state index contributed by atoms with van der Waals surface area (Å²) >= 11 is 0. The van der Waals surface area contributed by atoms with Gasteiger partial charge in [0, 0.05) is 18.6 Å². The molecule has 1 rings (SSSR count). The van der Waals surface area contributed by atoms with E-state index in [1.165, 1.54) is 0 Å². The molecule has 1 aliphatic carbocycles. The third kappa shape index (κ3) is 2.57. The maximum Gasteiger partial charge on any atom is 0.217 e. The van der Waals surface area contributed by atoms with Gasteiger partial charge in [0.25, 0.3) is 0 Å². The molecule has 0 spiro atoms. The smallest absolute Gasteiger partial charge is 0.217 e. The van der Waals surface area contributed by atoms with E-state index in [2.05, 4.69) is 0 Å². The van der Waals surface area contributed by atoms with Crippen molar-refractivity contribution < 1.29 is 8.42 Å². The van der Waals surface area contributed by atoms with E-state index >= 15 is 0 Å². The fraction of sp³-hybridized carbons (Fsp3) is 1.00. The average Bonchev–Trinajstić information content (AvgIpc) is 2.71. The zero-order valence-corrected chi connectivity index (χ0v) is 11.4. The molecule has 0 atom stereocenters. The fourth-order valence-corrected chi connectivity index (χ4v) is 4.83. The molecule has 1 fully saturated rings. The molecule has 0 saturated heterocycles. The number of nitrogens with zero attached hydrogens (tertiary/aromatic N) is 1. The molecule has 5 heteroatoms. The normalized spacial score (nSPS) is 19.6. The number of hydrogen-bond donors (Lipinski definition) is 1. The van der Waals surface area contributed by atoms with Crippen molar-refractivity contribution in [2.45, 2.75) is 57.2 Å². The van der Waals surface area contributed by atoms with Gasteiger partial charge >= 0.3 is 0 Å². The standard InChI is InChI=1S/C11H24N2O2S/c1-4-13(11(2,3)9-12)16(14,15)10-7-5-6-8-10/h10H,4-9,12H2,1-3H3. The highest BCUT2D eigenvalue weighted by Gasteiger charge is 2.39. The van der Waals surface area contributed by atoms with Crippen LogP contribution in [0.4, 0.5) is 0 Å². The molecule has 0 heterocycles. The Bertz CT molecular complexity index is 319. The number of likely N-dealkylation sites (N-methyl/N-ethyl adjacent to an activating group) is 1. The van der Waals surface area contributed by atoms with Crippen LogP contribution in [0.1, 0.15) is 46.5 Å². The van der Waals surface area contributed by atoms with Crippen molar-refractivity contribution in [2.75, 3.05) is 13.1 Å². The van der Waals surface area contributed by atoms with Crippen LogP contribution in [-0.4, -0.2) is 36.6 Å². The van der Waals surface area contributed by atoms with E-state index in [4.69, 9.17) is 5.73 Å². The van der Waals surface area contributed by atoms with Crippen LogP contribution < -0.4 is 5.73 Å². The van der Waals surface area contributed by atoms with Gasteiger partial charge in [0.05, 0.1) is 5.25 Å². The van der Waals surface area contributed by atoms with E-state index < -0.39 is 15.6 Å². The molecule has 0 aromatic carbocycles. The molecule has 0 bridgehead atoms. The van der Waals surface area contributed by atoms with Crippen LogP contribution in [0.5, 0.6) is 0 Å². The first-order chi connectivity index (χ1) is 7.36. The Morgan fingerprint density at radius 2 is 1.81 bits per heavy atom. The van der Waals surface area contributed by atoms with Crippen LogP contribution in [0, 0.1) is 0 Å². The van der Waals surface area contributed by atoms with E-state index in [-0.39, 0.29) is 5.25 Å². The molecule has 4 nitrogen and oxygen atoms in total. The Hall–Kier alpha value is -0.130. The summed E-state index contributed by atoms with van der Waals surface area (Å²) in [7, 11) is -3.17. The van der Waals surface area contributed by atoms with Crippen LogP contribution in [0.3, 0.4) is 0 Å². The Labute approximate surface area is 99.2 Å². The highest BCUT2D eigenvalue weighted by Crippen LogP contribution is 2.30. The molecule has 0 aromatic rings. The third-order valence-corrected chi connectivity index (χ3v) is 6.17. The van der Waals surface area contributed by atoms with Gasteiger partial charge in [0.15, 0.2) is 0 Å². The molecule has 0 amide bonds. The van der Waals surface area contributed by atoms with Gasteiger partial charge in [-0.3, -0.25) is 0 Å². The van der Waals surface area contributed by atoms with Gasteiger partial charge in [-0.1, -0.05) is 19.8 Å². The molecular weight excluding hydrogens is 224 g/mol. The molecule has 0 radical (unpaired) electrons. The first-order valence-corrected chi connectivity index (χ1v) is 7.58. The van der Waals surface area contributed by atoms with Crippen LogP contribution >= 0.6 is 0 Å². The van der Waals surface area contributed by atoms with Crippen molar-refractivity contribution in [3.05, 3.63) is 0 Å². The van der Waals surface area contributed by atoms with Crippen LogP contribution in [0.2, 0.25) is 0 Å². The summed E-state index contributed by atoms with van der Waals surface area (Å²) in [6.45, 7) is 6.52. The van der Waals surface area contributed by atoms with Crippen molar-refractivity contribution in [2.24, 2.45) is 5.73 Å². The Kier molecular flexibility index (Phi) is 4.37. The summed E-state index contributed by atoms with van der Waals surface area (Å²) in [5, 5.41) is -0.182. The largest absolute Gasteiger partial charge is 0.329 e. The Balaban J connectivity index is 2.95. The highest BCUT2D eigenvalue weighted by atomic mass is 32.2. The number of sulfonamides is 1. The van der Waals surface area contributed by atoms with Crippen LogP contribution in [0.15, 0.2) is 0 Å². The van der Waals surface area contributed by atoms with Gasteiger partial charge in [-0.15, -0.1) is 0 Å². The van der Waals surface area contributed by atoms with Crippen molar-refractivity contribution in [3.8, 4) is 0 Å². The van der Waals surface area contributed by atoms with Gasteiger partial charge in [0.1, 0.15) is 0 Å². The average molecular weight is 248 g/mol. The van der Waals surface area contributed by atoms with Gasteiger partial charge in [0.2, 0.25) is 10.0 Å². The quantitative estimate of drug-likeness (QED) is 0.798. The zero-order chi connectivity index (χ0) is 12.4. The molecule has 0 aliphatic heterocycles. The summed E-state index contributed by atoms with van der Waals surface area (Å²) in [5.74, 6) is 0. The van der Waals surface area contributed by atoms with Crippen molar-refractivity contribution in [1.29, 1.82) is 0 Å². The number of hydrogen-bond acceptors (Lipinski definition) is 3. The van der Waals surface area contributed by atoms with E-state index in [1.54, 1.807) is 4.31 Å². The zero-order valence-electron chi connectivity index (χ0n) is 10.6. The summed E-state index contributed by atoms with van der Waals surface area (Å²) in [6.07, 6.45) is 3.67. The van der Waals surface area contributed by atoms with Crippen LogP contribution in [0.25, 0.3) is 0 Å². The second-order valence-corrected chi connectivity index (χ2v) is 7.27. The molecular formula is C11H24N2O2S. The summed E-state index contributed by atoms with van der Waals surface area (Å²) < 4.78 is 26.5. The lowest BCUT2D eigenvalue weighted by molar-refractivity contribution is 0.241. The second-order valence-electron chi connectivity index (χ2n) is 5.13. The van der Waals surface area contributed by atoms with E-state index in [9.17, 15) is 8.42 Å². The molecule has 0 aromatic heterocycles.